The monoisotopic (exact) mass is 401 g/mol. The second-order valence-electron chi connectivity index (χ2n) is 8.54. The molecule has 0 aromatic heterocycles. The van der Waals surface area contributed by atoms with E-state index in [1.54, 1.807) is 4.90 Å². The molecule has 0 unspecified atom stereocenters. The lowest BCUT2D eigenvalue weighted by molar-refractivity contribution is -0.143. The molecule has 3 rings (SSSR count). The molecule has 2 fully saturated rings. The number of benzene rings is 1. The predicted octanol–water partition coefficient (Wildman–Crippen LogP) is 0.927. The van der Waals surface area contributed by atoms with Gasteiger partial charge in [0.1, 0.15) is 0 Å². The summed E-state index contributed by atoms with van der Waals surface area (Å²) < 4.78 is 0. The van der Waals surface area contributed by atoms with Crippen molar-refractivity contribution in [1.82, 2.24) is 14.7 Å². The number of rotatable bonds is 6. The molecule has 0 aliphatic carbocycles. The summed E-state index contributed by atoms with van der Waals surface area (Å²) in [6, 6.07) is 7.50. The summed E-state index contributed by atoms with van der Waals surface area (Å²) in [5.41, 5.74) is 0.472. The van der Waals surface area contributed by atoms with Crippen molar-refractivity contribution in [3.8, 4) is 0 Å². The van der Waals surface area contributed by atoms with Gasteiger partial charge in [0.25, 0.3) is 0 Å². The van der Waals surface area contributed by atoms with Crippen LogP contribution in [-0.4, -0.2) is 83.9 Å². The Morgan fingerprint density at radius 1 is 1.28 bits per heavy atom. The van der Waals surface area contributed by atoms with E-state index in [2.05, 4.69) is 0 Å². The van der Waals surface area contributed by atoms with Gasteiger partial charge in [-0.15, -0.1) is 0 Å². The maximum Gasteiger partial charge on any atom is 0.240 e. The maximum atomic E-state index is 13.6. The number of hydrogen-bond acceptors (Lipinski definition) is 5. The quantitative estimate of drug-likeness (QED) is 0.717. The van der Waals surface area contributed by atoms with Crippen LogP contribution in [0.4, 0.5) is 0 Å². The van der Waals surface area contributed by atoms with E-state index in [0.717, 1.165) is 17.5 Å². The molecule has 1 N–H and O–H groups in total. The van der Waals surface area contributed by atoms with E-state index in [1.807, 2.05) is 50.2 Å². The topological polar surface area (TPSA) is 81.2 Å². The third-order valence-corrected chi connectivity index (χ3v) is 6.04. The standard InChI is InChI=1S/C22H31N3O4/c1-16-7-4-5-9-18(16)22(13-19(27)24-10-6-8-17(26)15-24)14-20(28)25(21(22)29)12-11-23(2)3/h4-5,7,9,17,26H,6,8,10-15H2,1-3H3/t17-,22-/m1/s1. The van der Waals surface area contributed by atoms with Gasteiger partial charge >= 0.3 is 0 Å². The number of piperidine rings is 1. The van der Waals surface area contributed by atoms with Crippen LogP contribution in [0.1, 0.15) is 36.8 Å². The molecule has 0 bridgehead atoms. The van der Waals surface area contributed by atoms with Crippen LogP contribution in [0.2, 0.25) is 0 Å². The number of carbonyl (C=O) groups is 3. The van der Waals surface area contributed by atoms with Crippen LogP contribution in [0.15, 0.2) is 24.3 Å². The summed E-state index contributed by atoms with van der Waals surface area (Å²) in [7, 11) is 3.79. The van der Waals surface area contributed by atoms with Gasteiger partial charge in [0.2, 0.25) is 17.7 Å². The molecule has 29 heavy (non-hydrogen) atoms. The number of likely N-dealkylation sites (tertiary alicyclic amines) is 2. The van der Waals surface area contributed by atoms with Crippen molar-refractivity contribution in [3.05, 3.63) is 35.4 Å². The van der Waals surface area contributed by atoms with Crippen molar-refractivity contribution in [1.29, 1.82) is 0 Å². The maximum absolute atomic E-state index is 13.6. The highest BCUT2D eigenvalue weighted by Gasteiger charge is 2.54. The van der Waals surface area contributed by atoms with Gasteiger partial charge in [0.05, 0.1) is 11.5 Å². The summed E-state index contributed by atoms with van der Waals surface area (Å²) in [5, 5.41) is 9.94. The molecule has 7 nitrogen and oxygen atoms in total. The van der Waals surface area contributed by atoms with Crippen LogP contribution < -0.4 is 0 Å². The first kappa shape index (κ1) is 21.5. The molecule has 0 radical (unpaired) electrons. The SMILES string of the molecule is Cc1ccccc1[C@@]1(CC(=O)N2CCC[C@@H](O)C2)CC(=O)N(CCN(C)C)C1=O. The highest BCUT2D eigenvalue weighted by Crippen LogP contribution is 2.41. The van der Waals surface area contributed by atoms with E-state index in [1.165, 1.54) is 4.90 Å². The first-order chi connectivity index (χ1) is 13.7. The average molecular weight is 402 g/mol. The molecule has 2 heterocycles. The fourth-order valence-electron chi connectivity index (χ4n) is 4.43. The Morgan fingerprint density at radius 3 is 2.66 bits per heavy atom. The fraction of sp³-hybridized carbons (Fsp3) is 0.591. The largest absolute Gasteiger partial charge is 0.391 e. The number of carbonyl (C=O) groups excluding carboxylic acids is 3. The number of imide groups is 1. The Labute approximate surface area is 172 Å². The minimum atomic E-state index is -1.17. The molecule has 1 aromatic carbocycles. The summed E-state index contributed by atoms with van der Waals surface area (Å²) in [6.45, 7) is 3.66. The molecule has 1 aromatic rings. The van der Waals surface area contributed by atoms with E-state index in [-0.39, 0.29) is 37.1 Å². The number of nitrogens with zero attached hydrogens (tertiary/aromatic N) is 3. The first-order valence-electron chi connectivity index (χ1n) is 10.3. The molecule has 0 spiro atoms. The molecular formula is C22H31N3O4. The van der Waals surface area contributed by atoms with Gasteiger partial charge in [-0.2, -0.15) is 0 Å². The van der Waals surface area contributed by atoms with E-state index in [4.69, 9.17) is 0 Å². The van der Waals surface area contributed by atoms with Crippen molar-refractivity contribution in [3.63, 3.8) is 0 Å². The lowest BCUT2D eigenvalue weighted by Crippen LogP contribution is -2.47. The van der Waals surface area contributed by atoms with Gasteiger partial charge in [0.15, 0.2) is 0 Å². The van der Waals surface area contributed by atoms with Gasteiger partial charge < -0.3 is 14.9 Å². The van der Waals surface area contributed by atoms with Gasteiger partial charge in [-0.05, 0) is 45.0 Å². The smallest absolute Gasteiger partial charge is 0.240 e. The Hall–Kier alpha value is -2.25. The van der Waals surface area contributed by atoms with Crippen LogP contribution in [0.25, 0.3) is 0 Å². The molecule has 0 saturated carbocycles. The minimum Gasteiger partial charge on any atom is -0.391 e. The van der Waals surface area contributed by atoms with Gasteiger partial charge in [-0.3, -0.25) is 19.3 Å². The summed E-state index contributed by atoms with van der Waals surface area (Å²) in [4.78, 5) is 44.4. The van der Waals surface area contributed by atoms with E-state index >= 15 is 0 Å². The Bertz CT molecular complexity index is 794. The highest BCUT2D eigenvalue weighted by atomic mass is 16.3. The Kier molecular flexibility index (Phi) is 6.39. The number of amides is 3. The van der Waals surface area contributed by atoms with Crippen molar-refractivity contribution in [2.75, 3.05) is 40.3 Å². The van der Waals surface area contributed by atoms with Crippen molar-refractivity contribution >= 4 is 17.7 Å². The van der Waals surface area contributed by atoms with E-state index < -0.39 is 11.5 Å². The first-order valence-corrected chi connectivity index (χ1v) is 10.3. The van der Waals surface area contributed by atoms with Crippen molar-refractivity contribution in [2.45, 2.75) is 44.1 Å². The Balaban J connectivity index is 1.93. The molecule has 7 heteroatoms. The van der Waals surface area contributed by atoms with Crippen LogP contribution in [-0.2, 0) is 19.8 Å². The molecule has 3 amide bonds. The zero-order chi connectivity index (χ0) is 21.2. The summed E-state index contributed by atoms with van der Waals surface area (Å²) in [6.07, 6.45) is 0.855. The summed E-state index contributed by atoms with van der Waals surface area (Å²) >= 11 is 0. The third kappa shape index (κ3) is 4.36. The molecule has 2 atom stereocenters. The van der Waals surface area contributed by atoms with Gasteiger partial charge in [0, 0.05) is 39.0 Å². The van der Waals surface area contributed by atoms with Crippen LogP contribution in [0.3, 0.4) is 0 Å². The van der Waals surface area contributed by atoms with Gasteiger partial charge in [-0.1, -0.05) is 24.3 Å². The zero-order valence-electron chi connectivity index (χ0n) is 17.6. The minimum absolute atomic E-state index is 0.00620. The van der Waals surface area contributed by atoms with Crippen molar-refractivity contribution < 1.29 is 19.5 Å². The lowest BCUT2D eigenvalue weighted by atomic mass is 9.73. The fourth-order valence-corrected chi connectivity index (χ4v) is 4.43. The van der Waals surface area contributed by atoms with E-state index in [0.29, 0.717) is 26.1 Å². The second kappa shape index (κ2) is 8.63. The average Bonchev–Trinajstić information content (AvgIpc) is 2.90. The molecule has 2 saturated heterocycles. The second-order valence-corrected chi connectivity index (χ2v) is 8.54. The van der Waals surface area contributed by atoms with E-state index in [9.17, 15) is 19.5 Å². The number of hydrogen-bond donors (Lipinski definition) is 1. The molecule has 2 aliphatic rings. The summed E-state index contributed by atoms with van der Waals surface area (Å²) in [5.74, 6) is -0.696. The Morgan fingerprint density at radius 2 is 2.00 bits per heavy atom. The lowest BCUT2D eigenvalue weighted by Gasteiger charge is -2.34. The highest BCUT2D eigenvalue weighted by molar-refractivity contribution is 6.11. The third-order valence-electron chi connectivity index (χ3n) is 6.04. The van der Waals surface area contributed by atoms with Crippen LogP contribution >= 0.6 is 0 Å². The zero-order valence-corrected chi connectivity index (χ0v) is 17.6. The number of aliphatic hydroxyl groups is 1. The number of aryl methyl sites for hydroxylation is 1. The molecule has 158 valence electrons. The number of likely N-dealkylation sites (N-methyl/N-ethyl adjacent to an activating group) is 1. The molecule has 2 aliphatic heterocycles. The van der Waals surface area contributed by atoms with Crippen molar-refractivity contribution in [2.24, 2.45) is 0 Å². The normalized spacial score (nSPS) is 25.2. The van der Waals surface area contributed by atoms with Crippen LogP contribution in [0.5, 0.6) is 0 Å². The van der Waals surface area contributed by atoms with Crippen LogP contribution in [0, 0.1) is 6.92 Å². The number of β-amino-alcohol motifs (C(OH)–C–C–N with tert-alkyl or cyclic N) is 1. The molecular weight excluding hydrogens is 370 g/mol. The number of aliphatic hydroxyl groups excluding tert-OH is 1. The predicted molar refractivity (Wildman–Crippen MR) is 109 cm³/mol. The van der Waals surface area contributed by atoms with Gasteiger partial charge in [-0.25, -0.2) is 0 Å².